The van der Waals surface area contributed by atoms with Gasteiger partial charge in [0.05, 0.1) is 12.5 Å². The van der Waals surface area contributed by atoms with Crippen LogP contribution in [0.3, 0.4) is 0 Å². The zero-order valence-corrected chi connectivity index (χ0v) is 14.8. The molecule has 1 heterocycles. The van der Waals surface area contributed by atoms with Gasteiger partial charge in [-0.25, -0.2) is 13.1 Å². The fourth-order valence-corrected chi connectivity index (χ4v) is 3.75. The van der Waals surface area contributed by atoms with Gasteiger partial charge in [0, 0.05) is 24.8 Å². The molecule has 0 amide bonds. The lowest BCUT2D eigenvalue weighted by molar-refractivity contribution is 0.539. The minimum atomic E-state index is -3.48. The highest BCUT2D eigenvalue weighted by molar-refractivity contribution is 7.90. The molecular weight excluding hydrogens is 312 g/mol. The molecule has 0 atom stereocenters. The van der Waals surface area contributed by atoms with E-state index in [1.165, 1.54) is 0 Å². The van der Waals surface area contributed by atoms with E-state index in [1.54, 1.807) is 33.4 Å². The molecule has 126 valence electrons. The normalized spacial score (nSPS) is 12.3. The van der Waals surface area contributed by atoms with E-state index >= 15 is 0 Å². The zero-order valence-electron chi connectivity index (χ0n) is 14.0. The van der Waals surface area contributed by atoms with Gasteiger partial charge in [0.1, 0.15) is 4.75 Å². The van der Waals surface area contributed by atoms with Gasteiger partial charge in [-0.1, -0.05) is 19.1 Å². The van der Waals surface area contributed by atoms with Crippen molar-refractivity contribution in [2.75, 3.05) is 18.9 Å². The van der Waals surface area contributed by atoms with Gasteiger partial charge < -0.3 is 9.73 Å². The Bertz CT molecular complexity index is 750. The summed E-state index contributed by atoms with van der Waals surface area (Å²) in [6.45, 7) is 5.82. The molecule has 1 aromatic carbocycles. The van der Waals surface area contributed by atoms with E-state index in [0.29, 0.717) is 6.54 Å². The number of hydrogen-bond acceptors (Lipinski definition) is 4. The average Bonchev–Trinajstić information content (AvgIpc) is 3.06. The monoisotopic (exact) mass is 336 g/mol. The summed E-state index contributed by atoms with van der Waals surface area (Å²) < 4.78 is 32.0. The summed E-state index contributed by atoms with van der Waals surface area (Å²) in [4.78, 5) is 0. The third kappa shape index (κ3) is 3.43. The van der Waals surface area contributed by atoms with Crippen molar-refractivity contribution in [2.45, 2.75) is 31.9 Å². The predicted octanol–water partition coefficient (Wildman–Crippen LogP) is 3.55. The molecule has 0 aliphatic heterocycles. The summed E-state index contributed by atoms with van der Waals surface area (Å²) in [6.07, 6.45) is 4.04. The van der Waals surface area contributed by atoms with Crippen LogP contribution in [0, 0.1) is 0 Å². The summed E-state index contributed by atoms with van der Waals surface area (Å²) in [6, 6.07) is 7.59. The highest BCUT2D eigenvalue weighted by Gasteiger charge is 2.37. The van der Waals surface area contributed by atoms with E-state index in [9.17, 15) is 8.42 Å². The maximum atomic E-state index is 12.6. The standard InChI is InChI=1S/C17H24N2O3S/c1-5-9-19-23(20,21)17(2,3)15-7-6-13(11-16(15)18-4)14-8-10-22-12-14/h6-8,10-12,18-19H,5,9H2,1-4H3. The fraction of sp³-hybridized carbons (Fsp3) is 0.412. The van der Waals surface area contributed by atoms with E-state index in [4.69, 9.17) is 4.42 Å². The SMILES string of the molecule is CCCNS(=O)(=O)C(C)(C)c1ccc(-c2ccoc2)cc1NC. The molecule has 6 heteroatoms. The maximum Gasteiger partial charge on any atom is 0.221 e. The van der Waals surface area contributed by atoms with Gasteiger partial charge >= 0.3 is 0 Å². The molecule has 1 aromatic heterocycles. The molecule has 0 spiro atoms. The van der Waals surface area contributed by atoms with Crippen molar-refractivity contribution in [3.63, 3.8) is 0 Å². The maximum absolute atomic E-state index is 12.6. The van der Waals surface area contributed by atoms with E-state index < -0.39 is 14.8 Å². The lowest BCUT2D eigenvalue weighted by atomic mass is 9.96. The molecular formula is C17H24N2O3S. The highest BCUT2D eigenvalue weighted by Crippen LogP contribution is 2.36. The lowest BCUT2D eigenvalue weighted by Gasteiger charge is -2.28. The van der Waals surface area contributed by atoms with E-state index in [-0.39, 0.29) is 0 Å². The molecule has 0 unspecified atom stereocenters. The first-order chi connectivity index (χ1) is 10.8. The minimum absolute atomic E-state index is 0.438. The van der Waals surface area contributed by atoms with Crippen molar-refractivity contribution in [3.05, 3.63) is 42.4 Å². The van der Waals surface area contributed by atoms with Crippen LogP contribution in [0.15, 0.2) is 41.2 Å². The van der Waals surface area contributed by atoms with Crippen LogP contribution in [0.5, 0.6) is 0 Å². The first-order valence-corrected chi connectivity index (χ1v) is 9.16. The van der Waals surface area contributed by atoms with Crippen LogP contribution in [-0.2, 0) is 14.8 Å². The molecule has 0 saturated heterocycles. The Morgan fingerprint density at radius 1 is 1.17 bits per heavy atom. The van der Waals surface area contributed by atoms with Gasteiger partial charge in [-0.15, -0.1) is 0 Å². The van der Waals surface area contributed by atoms with Crippen molar-refractivity contribution in [3.8, 4) is 11.1 Å². The summed E-state index contributed by atoms with van der Waals surface area (Å²) in [5.41, 5.74) is 3.45. The first-order valence-electron chi connectivity index (χ1n) is 7.67. The number of nitrogens with one attached hydrogen (secondary N) is 2. The Labute approximate surface area is 138 Å². The third-order valence-corrected chi connectivity index (χ3v) is 6.15. The van der Waals surface area contributed by atoms with E-state index in [1.807, 2.05) is 31.2 Å². The Hall–Kier alpha value is -1.79. The topological polar surface area (TPSA) is 71.3 Å². The lowest BCUT2D eigenvalue weighted by Crippen LogP contribution is -2.40. The summed E-state index contributed by atoms with van der Waals surface area (Å²) >= 11 is 0. The third-order valence-electron chi connectivity index (χ3n) is 4.01. The van der Waals surface area contributed by atoms with Crippen LogP contribution >= 0.6 is 0 Å². The van der Waals surface area contributed by atoms with Crippen molar-refractivity contribution < 1.29 is 12.8 Å². The summed E-state index contributed by atoms with van der Waals surface area (Å²) in [5.74, 6) is 0. The highest BCUT2D eigenvalue weighted by atomic mass is 32.2. The number of benzene rings is 1. The van der Waals surface area contributed by atoms with Gasteiger partial charge in [-0.2, -0.15) is 0 Å². The van der Waals surface area contributed by atoms with Crippen LogP contribution in [-0.4, -0.2) is 22.0 Å². The predicted molar refractivity (Wildman–Crippen MR) is 93.9 cm³/mol. The molecule has 0 bridgehead atoms. The average molecular weight is 336 g/mol. The van der Waals surface area contributed by atoms with Gasteiger partial charge in [0.15, 0.2) is 0 Å². The second-order valence-electron chi connectivity index (χ2n) is 5.93. The van der Waals surface area contributed by atoms with E-state index in [0.717, 1.165) is 28.8 Å². The second kappa shape index (κ2) is 6.76. The molecule has 0 fully saturated rings. The number of furan rings is 1. The smallest absolute Gasteiger partial charge is 0.221 e. The molecule has 5 nitrogen and oxygen atoms in total. The van der Waals surface area contributed by atoms with Crippen LogP contribution in [0.4, 0.5) is 5.69 Å². The molecule has 0 radical (unpaired) electrons. The Kier molecular flexibility index (Phi) is 5.16. The first kappa shape index (κ1) is 17.6. The fourth-order valence-electron chi connectivity index (χ4n) is 2.45. The zero-order chi connectivity index (χ0) is 17.1. The Balaban J connectivity index is 2.46. The number of hydrogen-bond donors (Lipinski definition) is 2. The van der Waals surface area contributed by atoms with Crippen LogP contribution in [0.25, 0.3) is 11.1 Å². The number of anilines is 1. The quantitative estimate of drug-likeness (QED) is 0.811. The van der Waals surface area contributed by atoms with Crippen molar-refractivity contribution in [1.82, 2.24) is 4.72 Å². The van der Waals surface area contributed by atoms with Crippen LogP contribution in [0.1, 0.15) is 32.8 Å². The molecule has 0 saturated carbocycles. The molecule has 0 aliphatic rings. The van der Waals surface area contributed by atoms with Gasteiger partial charge in [0.2, 0.25) is 10.0 Å². The number of rotatable bonds is 7. The number of sulfonamides is 1. The Morgan fingerprint density at radius 3 is 2.48 bits per heavy atom. The summed E-state index contributed by atoms with van der Waals surface area (Å²) in [5, 5.41) is 3.11. The van der Waals surface area contributed by atoms with Crippen molar-refractivity contribution in [2.24, 2.45) is 0 Å². The van der Waals surface area contributed by atoms with Gasteiger partial charge in [0.25, 0.3) is 0 Å². The largest absolute Gasteiger partial charge is 0.472 e. The molecule has 2 aromatic rings. The van der Waals surface area contributed by atoms with Gasteiger partial charge in [-0.05, 0) is 43.5 Å². The van der Waals surface area contributed by atoms with E-state index in [2.05, 4.69) is 10.0 Å². The van der Waals surface area contributed by atoms with Crippen LogP contribution < -0.4 is 10.0 Å². The van der Waals surface area contributed by atoms with Crippen LogP contribution in [0.2, 0.25) is 0 Å². The minimum Gasteiger partial charge on any atom is -0.472 e. The molecule has 2 rings (SSSR count). The Morgan fingerprint density at radius 2 is 1.91 bits per heavy atom. The summed E-state index contributed by atoms with van der Waals surface area (Å²) in [7, 11) is -1.69. The second-order valence-corrected chi connectivity index (χ2v) is 8.25. The van der Waals surface area contributed by atoms with Crippen molar-refractivity contribution >= 4 is 15.7 Å². The molecule has 0 aliphatic carbocycles. The molecule has 23 heavy (non-hydrogen) atoms. The molecule has 2 N–H and O–H groups in total. The van der Waals surface area contributed by atoms with Gasteiger partial charge in [-0.3, -0.25) is 0 Å². The van der Waals surface area contributed by atoms with Crippen molar-refractivity contribution in [1.29, 1.82) is 0 Å².